The molecule has 3 heterocycles. The molecule has 33 heavy (non-hydrogen) atoms. The first-order valence-corrected chi connectivity index (χ1v) is 11.1. The first-order chi connectivity index (χ1) is 15.7. The average Bonchev–Trinajstić information content (AvgIpc) is 3.22. The number of hydrogen-bond acceptors (Lipinski definition) is 7. The van der Waals surface area contributed by atoms with Crippen LogP contribution >= 0.6 is 11.3 Å². The number of carbonyl (C=O) groups is 4. The topological polar surface area (TPSA) is 130 Å². The summed E-state index contributed by atoms with van der Waals surface area (Å²) in [4.78, 5) is 54.4. The van der Waals surface area contributed by atoms with E-state index in [9.17, 15) is 23.6 Å². The van der Waals surface area contributed by atoms with E-state index in [1.165, 1.54) is 36.2 Å². The van der Waals surface area contributed by atoms with E-state index in [2.05, 4.69) is 25.7 Å². The summed E-state index contributed by atoms with van der Waals surface area (Å²) in [5.74, 6) is -1.09. The molecular formula is C21H24FN5O5S. The number of thiophene rings is 1. The maximum Gasteiger partial charge on any atom is 0.414 e. The Morgan fingerprint density at radius 2 is 1.91 bits per heavy atom. The van der Waals surface area contributed by atoms with Crippen LogP contribution in [0, 0.1) is 0 Å². The predicted octanol–water partition coefficient (Wildman–Crippen LogP) is 3.64. The Hall–Kier alpha value is -3.54. The maximum atomic E-state index is 13.9. The Balaban J connectivity index is 1.63. The summed E-state index contributed by atoms with van der Waals surface area (Å²) in [6, 6.07) is 3.88. The fourth-order valence-corrected chi connectivity index (χ4v) is 3.87. The van der Waals surface area contributed by atoms with E-state index < -0.39 is 29.6 Å². The monoisotopic (exact) mass is 477 g/mol. The molecule has 0 aromatic carbocycles. The number of nitrogens with one attached hydrogen (secondary N) is 3. The number of alkyl halides is 1. The first kappa shape index (κ1) is 24.1. The van der Waals surface area contributed by atoms with Crippen LogP contribution in [-0.2, 0) is 4.74 Å². The second-order valence-corrected chi connectivity index (χ2v) is 8.47. The molecule has 0 aliphatic carbocycles. The van der Waals surface area contributed by atoms with Crippen LogP contribution in [0.4, 0.5) is 24.8 Å². The van der Waals surface area contributed by atoms with E-state index in [0.29, 0.717) is 0 Å². The summed E-state index contributed by atoms with van der Waals surface area (Å²) in [6.45, 7) is 3.81. The molecule has 0 saturated carbocycles. The van der Waals surface area contributed by atoms with Gasteiger partial charge in [-0.15, -0.1) is 11.3 Å². The number of ether oxygens (including phenoxy) is 1. The molecular weight excluding hydrogens is 453 g/mol. The molecule has 0 unspecified atom stereocenters. The van der Waals surface area contributed by atoms with Crippen LogP contribution in [-0.4, -0.2) is 59.2 Å². The molecule has 3 N–H and O–H groups in total. The lowest BCUT2D eigenvalue weighted by Crippen LogP contribution is -2.45. The molecule has 0 atom stereocenters. The summed E-state index contributed by atoms with van der Waals surface area (Å²) in [6.07, 6.45) is 0.986. The maximum absolute atomic E-state index is 13.9. The molecule has 1 aliphatic rings. The molecule has 176 valence electrons. The first-order valence-electron chi connectivity index (χ1n) is 10.3. The number of urea groups is 1. The Morgan fingerprint density at radius 1 is 1.18 bits per heavy atom. The van der Waals surface area contributed by atoms with Gasteiger partial charge >= 0.3 is 12.1 Å². The van der Waals surface area contributed by atoms with Crippen molar-refractivity contribution in [3.8, 4) is 0 Å². The van der Waals surface area contributed by atoms with Gasteiger partial charge in [-0.2, -0.15) is 0 Å². The highest BCUT2D eigenvalue weighted by molar-refractivity contribution is 7.14. The third-order valence-corrected chi connectivity index (χ3v) is 5.81. The van der Waals surface area contributed by atoms with E-state index in [0.717, 1.165) is 11.3 Å². The lowest BCUT2D eigenvalue weighted by molar-refractivity contribution is 0.0904. The minimum Gasteiger partial charge on any atom is -0.450 e. The largest absolute Gasteiger partial charge is 0.450 e. The Bertz CT molecular complexity index is 1050. The van der Waals surface area contributed by atoms with Crippen LogP contribution in [0.2, 0.25) is 0 Å². The van der Waals surface area contributed by atoms with Crippen molar-refractivity contribution in [2.45, 2.75) is 32.4 Å². The van der Waals surface area contributed by atoms with E-state index in [-0.39, 0.29) is 54.5 Å². The van der Waals surface area contributed by atoms with E-state index in [1.54, 1.807) is 12.3 Å². The van der Waals surface area contributed by atoms with Gasteiger partial charge in [0.1, 0.15) is 16.5 Å². The van der Waals surface area contributed by atoms with Crippen molar-refractivity contribution >= 4 is 46.1 Å². The van der Waals surface area contributed by atoms with Crippen molar-refractivity contribution in [2.24, 2.45) is 0 Å². The predicted molar refractivity (Wildman–Crippen MR) is 120 cm³/mol. The SMILES string of the molecule is CCOC(=O)NC(=O)c1ccsc1NC(=O)c1ccnc(NC(=O)N2CCC(C)(F)CC2)c1. The summed E-state index contributed by atoms with van der Waals surface area (Å²) in [5, 5.41) is 9.14. The Kier molecular flexibility index (Phi) is 7.59. The van der Waals surface area contributed by atoms with Crippen LogP contribution in [0.15, 0.2) is 29.8 Å². The number of anilines is 2. The lowest BCUT2D eigenvalue weighted by Gasteiger charge is -2.33. The van der Waals surface area contributed by atoms with Crippen molar-refractivity contribution in [3.63, 3.8) is 0 Å². The highest BCUT2D eigenvalue weighted by Gasteiger charge is 2.31. The van der Waals surface area contributed by atoms with Crippen LogP contribution in [0.3, 0.4) is 0 Å². The van der Waals surface area contributed by atoms with Gasteiger partial charge in [0.2, 0.25) is 0 Å². The second-order valence-electron chi connectivity index (χ2n) is 7.55. The van der Waals surface area contributed by atoms with Crippen molar-refractivity contribution < 1.29 is 28.3 Å². The van der Waals surface area contributed by atoms with Crippen molar-refractivity contribution in [1.82, 2.24) is 15.2 Å². The summed E-state index contributed by atoms with van der Waals surface area (Å²) >= 11 is 1.11. The molecule has 2 aromatic heterocycles. The number of amides is 5. The molecule has 2 aromatic rings. The number of likely N-dealkylation sites (tertiary alicyclic amines) is 1. The number of piperidine rings is 1. The van der Waals surface area contributed by atoms with Gasteiger partial charge in [-0.1, -0.05) is 0 Å². The van der Waals surface area contributed by atoms with Crippen LogP contribution in [0.1, 0.15) is 47.4 Å². The standard InChI is InChI=1S/C21H24FN5O5S/c1-3-32-20(31)26-17(29)14-5-11-33-18(14)25-16(28)13-4-8-23-15(12-13)24-19(30)27-9-6-21(2,22)7-10-27/h4-5,8,11-12H,3,6-7,9-10H2,1-2H3,(H,25,28)(H,23,24,30)(H,26,29,31). The lowest BCUT2D eigenvalue weighted by atomic mass is 9.96. The highest BCUT2D eigenvalue weighted by Crippen LogP contribution is 2.26. The van der Waals surface area contributed by atoms with Gasteiger partial charge in [-0.25, -0.2) is 19.0 Å². The molecule has 0 radical (unpaired) electrons. The third-order valence-electron chi connectivity index (χ3n) is 4.98. The number of pyridine rings is 1. The fourth-order valence-electron chi connectivity index (χ4n) is 3.09. The molecule has 1 saturated heterocycles. The average molecular weight is 478 g/mol. The molecule has 0 spiro atoms. The fraction of sp³-hybridized carbons (Fsp3) is 0.381. The van der Waals surface area contributed by atoms with Gasteiger partial charge in [0.25, 0.3) is 11.8 Å². The third kappa shape index (κ3) is 6.48. The summed E-state index contributed by atoms with van der Waals surface area (Å²) in [5.41, 5.74) is -0.977. The number of halogens is 1. The zero-order valence-corrected chi connectivity index (χ0v) is 19.0. The van der Waals surface area contributed by atoms with Crippen LogP contribution in [0.5, 0.6) is 0 Å². The molecule has 12 heteroatoms. The minimum atomic E-state index is -1.28. The van der Waals surface area contributed by atoms with Crippen molar-refractivity contribution in [1.29, 1.82) is 0 Å². The number of nitrogens with zero attached hydrogens (tertiary/aromatic N) is 2. The molecule has 1 aliphatic heterocycles. The highest BCUT2D eigenvalue weighted by atomic mass is 32.1. The van der Waals surface area contributed by atoms with Crippen LogP contribution < -0.4 is 16.0 Å². The molecule has 0 bridgehead atoms. The number of aromatic nitrogens is 1. The molecule has 3 rings (SSSR count). The quantitative estimate of drug-likeness (QED) is 0.603. The number of carbonyl (C=O) groups excluding carboxylic acids is 4. The van der Waals surface area contributed by atoms with Gasteiger partial charge in [-0.3, -0.25) is 20.2 Å². The van der Waals surface area contributed by atoms with Gasteiger partial charge < -0.3 is 15.0 Å². The van der Waals surface area contributed by atoms with Crippen molar-refractivity contribution in [2.75, 3.05) is 30.3 Å². The molecule has 10 nitrogen and oxygen atoms in total. The zero-order chi connectivity index (χ0) is 24.0. The number of imide groups is 1. The van der Waals surface area contributed by atoms with Gasteiger partial charge in [0, 0.05) is 24.8 Å². The van der Waals surface area contributed by atoms with Crippen LogP contribution in [0.25, 0.3) is 0 Å². The van der Waals surface area contributed by atoms with E-state index in [4.69, 9.17) is 0 Å². The zero-order valence-electron chi connectivity index (χ0n) is 18.1. The number of hydrogen-bond donors (Lipinski definition) is 3. The number of alkyl carbamates (subject to hydrolysis) is 1. The second kappa shape index (κ2) is 10.4. The van der Waals surface area contributed by atoms with E-state index in [1.807, 2.05) is 0 Å². The smallest absolute Gasteiger partial charge is 0.414 e. The molecule has 1 fully saturated rings. The minimum absolute atomic E-state index is 0.106. The molecule has 5 amide bonds. The normalized spacial score (nSPS) is 14.8. The van der Waals surface area contributed by atoms with Gasteiger partial charge in [0.15, 0.2) is 0 Å². The number of rotatable bonds is 5. The Morgan fingerprint density at radius 3 is 2.61 bits per heavy atom. The summed E-state index contributed by atoms with van der Waals surface area (Å²) < 4.78 is 18.6. The van der Waals surface area contributed by atoms with E-state index >= 15 is 0 Å². The van der Waals surface area contributed by atoms with Gasteiger partial charge in [0.05, 0.1) is 12.2 Å². The van der Waals surface area contributed by atoms with Crippen molar-refractivity contribution in [3.05, 3.63) is 40.9 Å². The Labute approximate surface area is 193 Å². The van der Waals surface area contributed by atoms with Gasteiger partial charge in [-0.05, 0) is 50.3 Å². The summed E-state index contributed by atoms with van der Waals surface area (Å²) in [7, 11) is 0.